The van der Waals surface area contributed by atoms with E-state index >= 15 is 0 Å². The van der Waals surface area contributed by atoms with E-state index in [1.165, 1.54) is 0 Å². The first-order valence-corrected chi connectivity index (χ1v) is 9.93. The maximum atomic E-state index is 13.0. The van der Waals surface area contributed by atoms with Crippen LogP contribution in [-0.2, 0) is 16.6 Å². The van der Waals surface area contributed by atoms with Gasteiger partial charge in [0.25, 0.3) is 5.91 Å². The molecule has 4 rings (SSSR count). The molecule has 7 nitrogen and oxygen atoms in total. The summed E-state index contributed by atoms with van der Waals surface area (Å²) in [6.45, 7) is 2.80. The number of hydrogen-bond donors (Lipinski definition) is 1. The SMILES string of the molecule is C[C@@H]1CCCCN1C(=O)c1ncn2c1CNS(=O)(=O)c1ccccc1-2. The molecule has 1 atom stereocenters. The van der Waals surface area contributed by atoms with Gasteiger partial charge in [-0.15, -0.1) is 0 Å². The van der Waals surface area contributed by atoms with Crippen molar-refractivity contribution in [2.45, 2.75) is 43.7 Å². The van der Waals surface area contributed by atoms with Crippen molar-refractivity contribution in [1.82, 2.24) is 19.2 Å². The number of para-hydroxylation sites is 1. The molecule has 0 aliphatic carbocycles. The van der Waals surface area contributed by atoms with Crippen LogP contribution >= 0.6 is 0 Å². The molecule has 1 fully saturated rings. The fourth-order valence-electron chi connectivity index (χ4n) is 3.59. The molecule has 1 aromatic carbocycles. The third kappa shape index (κ3) is 2.65. The van der Waals surface area contributed by atoms with Gasteiger partial charge in [0.2, 0.25) is 10.0 Å². The summed E-state index contributed by atoms with van der Waals surface area (Å²) in [5.74, 6) is -0.125. The van der Waals surface area contributed by atoms with Crippen LogP contribution in [0.1, 0.15) is 42.4 Å². The molecular formula is C17H20N4O3S. The van der Waals surface area contributed by atoms with Crippen molar-refractivity contribution >= 4 is 15.9 Å². The van der Waals surface area contributed by atoms with E-state index < -0.39 is 10.0 Å². The lowest BCUT2D eigenvalue weighted by molar-refractivity contribution is 0.0628. The van der Waals surface area contributed by atoms with Crippen molar-refractivity contribution in [2.75, 3.05) is 6.54 Å². The van der Waals surface area contributed by atoms with E-state index in [1.54, 1.807) is 35.2 Å². The summed E-state index contributed by atoms with van der Waals surface area (Å²) in [6, 6.07) is 6.91. The third-order valence-corrected chi connectivity index (χ3v) is 6.43. The molecule has 2 aliphatic rings. The summed E-state index contributed by atoms with van der Waals surface area (Å²) in [7, 11) is -3.62. The number of amides is 1. The molecule has 2 aliphatic heterocycles. The van der Waals surface area contributed by atoms with Crippen molar-refractivity contribution in [3.8, 4) is 5.69 Å². The normalized spacial score (nSPS) is 22.0. The lowest BCUT2D eigenvalue weighted by Crippen LogP contribution is -2.42. The Balaban J connectivity index is 1.80. The van der Waals surface area contributed by atoms with Crippen LogP contribution in [0.5, 0.6) is 0 Å². The summed E-state index contributed by atoms with van der Waals surface area (Å²) in [6.07, 6.45) is 4.64. The van der Waals surface area contributed by atoms with Crippen LogP contribution in [0.2, 0.25) is 0 Å². The smallest absolute Gasteiger partial charge is 0.274 e. The molecule has 0 radical (unpaired) electrons. The fourth-order valence-corrected chi connectivity index (χ4v) is 4.77. The second kappa shape index (κ2) is 5.96. The highest BCUT2D eigenvalue weighted by atomic mass is 32.2. The van der Waals surface area contributed by atoms with E-state index in [0.29, 0.717) is 23.6 Å². The summed E-state index contributed by atoms with van der Waals surface area (Å²) in [5.41, 5.74) is 1.42. The zero-order chi connectivity index (χ0) is 17.6. The number of hydrogen-bond acceptors (Lipinski definition) is 4. The van der Waals surface area contributed by atoms with Crippen LogP contribution in [0.4, 0.5) is 0 Å². The number of nitrogens with zero attached hydrogens (tertiary/aromatic N) is 3. The molecule has 2 aromatic rings. The van der Waals surface area contributed by atoms with Gasteiger partial charge in [-0.25, -0.2) is 18.1 Å². The quantitative estimate of drug-likeness (QED) is 0.839. The number of aromatic nitrogens is 2. The summed E-state index contributed by atoms with van der Waals surface area (Å²) >= 11 is 0. The van der Waals surface area contributed by atoms with E-state index in [2.05, 4.69) is 9.71 Å². The second-order valence-corrected chi connectivity index (χ2v) is 8.28. The van der Waals surface area contributed by atoms with Gasteiger partial charge in [-0.3, -0.25) is 9.36 Å². The van der Waals surface area contributed by atoms with Gasteiger partial charge in [-0.2, -0.15) is 0 Å². The third-order valence-electron chi connectivity index (χ3n) is 4.98. The Hall–Kier alpha value is -2.19. The van der Waals surface area contributed by atoms with Gasteiger partial charge in [-0.05, 0) is 38.3 Å². The Kier molecular flexibility index (Phi) is 3.88. The van der Waals surface area contributed by atoms with Crippen LogP contribution in [0.25, 0.3) is 5.69 Å². The number of likely N-dealkylation sites (tertiary alicyclic amines) is 1. The second-order valence-electron chi connectivity index (χ2n) is 6.55. The molecule has 8 heteroatoms. The molecule has 25 heavy (non-hydrogen) atoms. The number of fused-ring (bicyclic) bond motifs is 3. The number of benzene rings is 1. The van der Waals surface area contributed by atoms with Gasteiger partial charge < -0.3 is 4.90 Å². The van der Waals surface area contributed by atoms with Crippen LogP contribution in [0, 0.1) is 0 Å². The average Bonchev–Trinajstić information content (AvgIpc) is 2.99. The number of carbonyl (C=O) groups excluding carboxylic acids is 1. The minimum atomic E-state index is -3.62. The first-order chi connectivity index (χ1) is 12.0. The maximum Gasteiger partial charge on any atom is 0.274 e. The van der Waals surface area contributed by atoms with Gasteiger partial charge in [0.1, 0.15) is 11.2 Å². The van der Waals surface area contributed by atoms with Gasteiger partial charge in [0.15, 0.2) is 5.69 Å². The predicted molar refractivity (Wildman–Crippen MR) is 91.9 cm³/mol. The predicted octanol–water partition coefficient (Wildman–Crippen LogP) is 1.68. The van der Waals surface area contributed by atoms with Crippen LogP contribution < -0.4 is 4.72 Å². The number of sulfonamides is 1. The lowest BCUT2D eigenvalue weighted by atomic mass is 10.0. The number of rotatable bonds is 1. The first-order valence-electron chi connectivity index (χ1n) is 8.45. The van der Waals surface area contributed by atoms with Crippen molar-refractivity contribution in [2.24, 2.45) is 0 Å². The summed E-state index contributed by atoms with van der Waals surface area (Å²) in [4.78, 5) is 19.4. The van der Waals surface area contributed by atoms with E-state index in [9.17, 15) is 13.2 Å². The van der Waals surface area contributed by atoms with E-state index in [1.807, 2.05) is 11.8 Å². The highest BCUT2D eigenvalue weighted by molar-refractivity contribution is 7.89. The van der Waals surface area contributed by atoms with Gasteiger partial charge in [0, 0.05) is 12.6 Å². The van der Waals surface area contributed by atoms with Gasteiger partial charge >= 0.3 is 0 Å². The van der Waals surface area contributed by atoms with Crippen molar-refractivity contribution in [1.29, 1.82) is 0 Å². The van der Waals surface area contributed by atoms with Gasteiger partial charge in [0.05, 0.1) is 17.9 Å². The molecule has 1 saturated heterocycles. The molecule has 1 N–H and O–H groups in total. The highest BCUT2D eigenvalue weighted by Gasteiger charge is 2.32. The monoisotopic (exact) mass is 360 g/mol. The summed E-state index contributed by atoms with van der Waals surface area (Å²) in [5, 5.41) is 0. The van der Waals surface area contributed by atoms with Crippen molar-refractivity contribution in [3.05, 3.63) is 42.0 Å². The number of carbonyl (C=O) groups is 1. The van der Waals surface area contributed by atoms with E-state index in [-0.39, 0.29) is 23.4 Å². The molecule has 132 valence electrons. The molecule has 0 saturated carbocycles. The summed E-state index contributed by atoms with van der Waals surface area (Å²) < 4.78 is 29.2. The topological polar surface area (TPSA) is 84.3 Å². The fraction of sp³-hybridized carbons (Fsp3) is 0.412. The molecule has 0 bridgehead atoms. The van der Waals surface area contributed by atoms with Crippen molar-refractivity contribution in [3.63, 3.8) is 0 Å². The number of nitrogens with one attached hydrogen (secondary N) is 1. The lowest BCUT2D eigenvalue weighted by Gasteiger charge is -2.33. The Morgan fingerprint density at radius 2 is 2.08 bits per heavy atom. The standard InChI is InChI=1S/C17H20N4O3S/c1-12-6-4-5-9-20(12)17(22)16-14-10-19-25(23,24)15-8-3-2-7-13(15)21(14)11-18-16/h2-3,7-8,11-12,19H,4-6,9-10H2,1H3/t12-/m1/s1. The molecular weight excluding hydrogens is 340 g/mol. The molecule has 3 heterocycles. The average molecular weight is 360 g/mol. The Morgan fingerprint density at radius 1 is 1.28 bits per heavy atom. The van der Waals surface area contributed by atoms with Crippen LogP contribution in [0.15, 0.2) is 35.5 Å². The zero-order valence-corrected chi connectivity index (χ0v) is 14.8. The molecule has 0 unspecified atom stereocenters. The van der Waals surface area contributed by atoms with Crippen LogP contribution in [0.3, 0.4) is 0 Å². The number of piperidine rings is 1. The van der Waals surface area contributed by atoms with Crippen molar-refractivity contribution < 1.29 is 13.2 Å². The van der Waals surface area contributed by atoms with Gasteiger partial charge in [-0.1, -0.05) is 12.1 Å². The number of imidazole rings is 1. The Labute approximate surface area is 146 Å². The molecule has 0 spiro atoms. The minimum absolute atomic E-state index is 0.0420. The van der Waals surface area contributed by atoms with E-state index in [0.717, 1.165) is 19.3 Å². The molecule has 1 amide bonds. The Bertz CT molecular complexity index is 935. The highest BCUT2D eigenvalue weighted by Crippen LogP contribution is 2.27. The zero-order valence-electron chi connectivity index (χ0n) is 14.0. The van der Waals surface area contributed by atoms with Crippen LogP contribution in [-0.4, -0.2) is 41.4 Å². The molecule has 1 aromatic heterocycles. The first kappa shape index (κ1) is 16.3. The largest absolute Gasteiger partial charge is 0.335 e. The minimum Gasteiger partial charge on any atom is -0.335 e. The maximum absolute atomic E-state index is 13.0. The Morgan fingerprint density at radius 3 is 2.88 bits per heavy atom. The van der Waals surface area contributed by atoms with E-state index in [4.69, 9.17) is 0 Å².